The molecule has 1 atom stereocenters. The normalized spacial score (nSPS) is 16.5. The van der Waals surface area contributed by atoms with Crippen molar-refractivity contribution in [3.8, 4) is 11.3 Å². The molecule has 4 rings (SSSR count). The standard InChI is InChI=1S/C19H14F6N6O/c20-18(21,22)14-4-6-27-16(29-14)17(32)28-11-2-1-7-31-13(11)9-12(30-31)10-3-5-26-15(8-10)19(23,24)25/h3-6,8-9,11H,1-2,7H2,(H,28,32). The highest BCUT2D eigenvalue weighted by molar-refractivity contribution is 5.90. The summed E-state index contributed by atoms with van der Waals surface area (Å²) in [4.78, 5) is 22.7. The van der Waals surface area contributed by atoms with Crippen LogP contribution < -0.4 is 5.32 Å². The van der Waals surface area contributed by atoms with Crippen molar-refractivity contribution in [3.05, 3.63) is 59.6 Å². The molecule has 1 N–H and O–H groups in total. The fourth-order valence-corrected chi connectivity index (χ4v) is 3.36. The average Bonchev–Trinajstić information content (AvgIpc) is 3.18. The summed E-state index contributed by atoms with van der Waals surface area (Å²) in [6.45, 7) is 0.471. The van der Waals surface area contributed by atoms with Crippen LogP contribution in [0.2, 0.25) is 0 Å². The van der Waals surface area contributed by atoms with E-state index in [0.29, 0.717) is 31.1 Å². The van der Waals surface area contributed by atoms with Gasteiger partial charge in [-0.2, -0.15) is 31.4 Å². The second-order valence-electron chi connectivity index (χ2n) is 7.04. The lowest BCUT2D eigenvalue weighted by atomic mass is 10.0. The molecule has 1 amide bonds. The van der Waals surface area contributed by atoms with E-state index in [1.165, 1.54) is 12.1 Å². The Kier molecular flexibility index (Phi) is 5.34. The molecule has 0 fully saturated rings. The molecule has 0 aliphatic carbocycles. The van der Waals surface area contributed by atoms with Crippen molar-refractivity contribution in [2.45, 2.75) is 37.8 Å². The number of amides is 1. The molecule has 168 valence electrons. The van der Waals surface area contributed by atoms with Gasteiger partial charge in [-0.25, -0.2) is 9.97 Å². The average molecular weight is 456 g/mol. The molecule has 0 bridgehead atoms. The van der Waals surface area contributed by atoms with Gasteiger partial charge in [-0.1, -0.05) is 0 Å². The number of alkyl halides is 6. The summed E-state index contributed by atoms with van der Waals surface area (Å²) in [6.07, 6.45) is -6.42. The highest BCUT2D eigenvalue weighted by Crippen LogP contribution is 2.33. The minimum absolute atomic E-state index is 0.195. The van der Waals surface area contributed by atoms with Crippen LogP contribution in [0, 0.1) is 0 Å². The van der Waals surface area contributed by atoms with Crippen LogP contribution in [0.1, 0.15) is 46.6 Å². The van der Waals surface area contributed by atoms with E-state index in [9.17, 15) is 31.1 Å². The van der Waals surface area contributed by atoms with Crippen LogP contribution in [-0.2, 0) is 18.9 Å². The first-order chi connectivity index (χ1) is 15.0. The number of hydrogen-bond acceptors (Lipinski definition) is 5. The molecule has 32 heavy (non-hydrogen) atoms. The second kappa shape index (κ2) is 7.88. The number of carbonyl (C=O) groups excluding carboxylic acids is 1. The zero-order valence-corrected chi connectivity index (χ0v) is 16.1. The number of halogens is 6. The summed E-state index contributed by atoms with van der Waals surface area (Å²) in [5, 5.41) is 6.90. The van der Waals surface area contributed by atoms with Crippen molar-refractivity contribution in [2.24, 2.45) is 0 Å². The van der Waals surface area contributed by atoms with Gasteiger partial charge in [0, 0.05) is 24.5 Å². The summed E-state index contributed by atoms with van der Waals surface area (Å²) >= 11 is 0. The van der Waals surface area contributed by atoms with Gasteiger partial charge < -0.3 is 5.32 Å². The van der Waals surface area contributed by atoms with Crippen LogP contribution in [0.5, 0.6) is 0 Å². The van der Waals surface area contributed by atoms with Gasteiger partial charge in [0.1, 0.15) is 11.4 Å². The Morgan fingerprint density at radius 1 is 1.00 bits per heavy atom. The van der Waals surface area contributed by atoms with E-state index in [-0.39, 0.29) is 11.3 Å². The monoisotopic (exact) mass is 456 g/mol. The van der Waals surface area contributed by atoms with E-state index in [2.05, 4.69) is 25.4 Å². The molecule has 1 aliphatic heterocycles. The predicted octanol–water partition coefficient (Wildman–Crippen LogP) is 4.04. The van der Waals surface area contributed by atoms with Gasteiger partial charge in [-0.05, 0) is 37.1 Å². The van der Waals surface area contributed by atoms with Crippen LogP contribution in [0.3, 0.4) is 0 Å². The van der Waals surface area contributed by atoms with E-state index in [0.717, 1.165) is 18.5 Å². The number of fused-ring (bicyclic) bond motifs is 1. The first-order valence-corrected chi connectivity index (χ1v) is 9.35. The number of pyridine rings is 1. The molecule has 0 aromatic carbocycles. The summed E-state index contributed by atoms with van der Waals surface area (Å²) < 4.78 is 79.0. The largest absolute Gasteiger partial charge is 0.433 e. The van der Waals surface area contributed by atoms with Crippen molar-refractivity contribution in [2.75, 3.05) is 0 Å². The minimum atomic E-state index is -4.73. The van der Waals surface area contributed by atoms with E-state index >= 15 is 0 Å². The quantitative estimate of drug-likeness (QED) is 0.602. The van der Waals surface area contributed by atoms with Gasteiger partial charge in [0.15, 0.2) is 0 Å². The molecule has 3 aromatic heterocycles. The Bertz CT molecular complexity index is 1160. The maximum Gasteiger partial charge on any atom is 0.433 e. The number of hydrogen-bond donors (Lipinski definition) is 1. The number of nitrogens with zero attached hydrogens (tertiary/aromatic N) is 5. The Morgan fingerprint density at radius 3 is 2.44 bits per heavy atom. The van der Waals surface area contributed by atoms with Gasteiger partial charge in [-0.15, -0.1) is 0 Å². The molecular weight excluding hydrogens is 442 g/mol. The van der Waals surface area contributed by atoms with Crippen molar-refractivity contribution >= 4 is 5.91 Å². The van der Waals surface area contributed by atoms with Crippen LogP contribution >= 0.6 is 0 Å². The van der Waals surface area contributed by atoms with E-state index in [1.807, 2.05) is 0 Å². The summed E-state index contributed by atoms with van der Waals surface area (Å²) in [6, 6.07) is 3.82. The fourth-order valence-electron chi connectivity index (χ4n) is 3.36. The molecule has 0 saturated heterocycles. The zero-order valence-electron chi connectivity index (χ0n) is 16.1. The third-order valence-corrected chi connectivity index (χ3v) is 4.83. The van der Waals surface area contributed by atoms with E-state index in [4.69, 9.17) is 0 Å². The maximum absolute atomic E-state index is 13.0. The van der Waals surface area contributed by atoms with Gasteiger partial charge in [-0.3, -0.25) is 14.5 Å². The molecule has 0 spiro atoms. The first-order valence-electron chi connectivity index (χ1n) is 9.35. The number of aromatic nitrogens is 5. The Labute approximate surface area is 176 Å². The highest BCUT2D eigenvalue weighted by Gasteiger charge is 2.34. The molecule has 7 nitrogen and oxygen atoms in total. The number of rotatable bonds is 3. The lowest BCUT2D eigenvalue weighted by Crippen LogP contribution is -2.34. The lowest BCUT2D eigenvalue weighted by Gasteiger charge is -2.24. The number of nitrogens with one attached hydrogen (secondary N) is 1. The first kappa shape index (κ1) is 21.7. The molecule has 13 heteroatoms. The van der Waals surface area contributed by atoms with Crippen LogP contribution in [0.4, 0.5) is 26.3 Å². The molecular formula is C19H14F6N6O. The predicted molar refractivity (Wildman–Crippen MR) is 96.9 cm³/mol. The van der Waals surface area contributed by atoms with Crippen molar-refractivity contribution in [3.63, 3.8) is 0 Å². The van der Waals surface area contributed by atoms with E-state index < -0.39 is 41.5 Å². The minimum Gasteiger partial charge on any atom is -0.341 e. The number of aryl methyl sites for hydroxylation is 1. The molecule has 3 aromatic rings. The molecule has 1 aliphatic rings. The third-order valence-electron chi connectivity index (χ3n) is 4.83. The molecule has 1 unspecified atom stereocenters. The summed E-state index contributed by atoms with van der Waals surface area (Å²) in [5.41, 5.74) is -1.35. The molecule has 4 heterocycles. The van der Waals surface area contributed by atoms with Gasteiger partial charge in [0.25, 0.3) is 5.91 Å². The van der Waals surface area contributed by atoms with Crippen LogP contribution in [-0.4, -0.2) is 30.6 Å². The molecule has 0 saturated carbocycles. The van der Waals surface area contributed by atoms with Gasteiger partial charge in [0.2, 0.25) is 5.82 Å². The van der Waals surface area contributed by atoms with Gasteiger partial charge in [0.05, 0.1) is 17.4 Å². The van der Waals surface area contributed by atoms with Gasteiger partial charge >= 0.3 is 12.4 Å². The smallest absolute Gasteiger partial charge is 0.341 e. The summed E-state index contributed by atoms with van der Waals surface area (Å²) in [5.74, 6) is -1.54. The fraction of sp³-hybridized carbons (Fsp3) is 0.316. The summed E-state index contributed by atoms with van der Waals surface area (Å²) in [7, 11) is 0. The van der Waals surface area contributed by atoms with Crippen molar-refractivity contribution in [1.82, 2.24) is 30.0 Å². The van der Waals surface area contributed by atoms with Crippen molar-refractivity contribution in [1.29, 1.82) is 0 Å². The topological polar surface area (TPSA) is 85.6 Å². The van der Waals surface area contributed by atoms with E-state index in [1.54, 1.807) is 4.68 Å². The Morgan fingerprint density at radius 2 is 1.72 bits per heavy atom. The second-order valence-corrected chi connectivity index (χ2v) is 7.04. The zero-order chi connectivity index (χ0) is 23.1. The Hall–Kier alpha value is -3.51. The van der Waals surface area contributed by atoms with Crippen molar-refractivity contribution < 1.29 is 31.1 Å². The van der Waals surface area contributed by atoms with Crippen LogP contribution in [0.25, 0.3) is 11.3 Å². The third kappa shape index (κ3) is 4.41. The SMILES string of the molecule is O=C(NC1CCCn2nc(-c3ccnc(C(F)(F)F)c3)cc21)c1nccc(C(F)(F)F)n1. The number of carbonyl (C=O) groups is 1. The highest BCUT2D eigenvalue weighted by atomic mass is 19.4. The Balaban J connectivity index is 1.59. The van der Waals surface area contributed by atoms with Crippen LogP contribution in [0.15, 0.2) is 36.7 Å². The molecule has 0 radical (unpaired) electrons. The lowest BCUT2D eigenvalue weighted by molar-refractivity contribution is -0.142. The maximum atomic E-state index is 13.0.